The van der Waals surface area contributed by atoms with Crippen LogP contribution in [0, 0.1) is 0 Å². The highest BCUT2D eigenvalue weighted by Crippen LogP contribution is 2.26. The monoisotopic (exact) mass is 414 g/mol. The quantitative estimate of drug-likeness (QED) is 0.759. The minimum Gasteiger partial charge on any atom is -0.465 e. The molecule has 0 spiro atoms. The lowest BCUT2D eigenvalue weighted by Gasteiger charge is -2.33. The van der Waals surface area contributed by atoms with Gasteiger partial charge in [-0.3, -0.25) is 14.3 Å². The lowest BCUT2D eigenvalue weighted by molar-refractivity contribution is 0.0695. The molecule has 0 saturated carbocycles. The van der Waals surface area contributed by atoms with Crippen molar-refractivity contribution in [3.8, 4) is 0 Å². The molecule has 0 atom stereocenters. The lowest BCUT2D eigenvalue weighted by atomic mass is 10.0. The van der Waals surface area contributed by atoms with E-state index in [1.807, 2.05) is 0 Å². The molecule has 1 fully saturated rings. The molecule has 10 heteroatoms. The Morgan fingerprint density at radius 1 is 1.36 bits per heavy atom. The molecule has 1 aliphatic rings. The Morgan fingerprint density at radius 3 is 2.71 bits per heavy atom. The predicted molar refractivity (Wildman–Crippen MR) is 101 cm³/mol. The number of nitrogens with one attached hydrogen (secondary N) is 1. The normalized spacial score (nSPS) is 16.0. The first-order valence-electron chi connectivity index (χ1n) is 9.03. The zero-order valence-corrected chi connectivity index (χ0v) is 15.8. The predicted octanol–water partition coefficient (Wildman–Crippen LogP) is 2.76. The number of amides is 1. The number of alkyl halides is 2. The largest absolute Gasteiger partial charge is 0.465 e. The highest BCUT2D eigenvalue weighted by Gasteiger charge is 2.26. The van der Waals surface area contributed by atoms with Crippen LogP contribution in [0.3, 0.4) is 0 Å². The van der Waals surface area contributed by atoms with Crippen LogP contribution in [-0.4, -0.2) is 58.3 Å². The first-order chi connectivity index (χ1) is 13.4. The van der Waals surface area contributed by atoms with Crippen LogP contribution in [0.1, 0.15) is 24.7 Å². The molecule has 1 aliphatic heterocycles. The second kappa shape index (κ2) is 8.83. The highest BCUT2D eigenvalue weighted by molar-refractivity contribution is 6.35. The van der Waals surface area contributed by atoms with Crippen LogP contribution in [0.2, 0.25) is 5.02 Å². The van der Waals surface area contributed by atoms with Crippen LogP contribution in [0.4, 0.5) is 13.6 Å². The summed E-state index contributed by atoms with van der Waals surface area (Å²) in [6, 6.07) is 4.80. The van der Waals surface area contributed by atoms with Gasteiger partial charge in [0.1, 0.15) is 5.82 Å². The molecule has 0 radical (unpaired) electrons. The maximum absolute atomic E-state index is 13.2. The van der Waals surface area contributed by atoms with E-state index in [1.54, 1.807) is 27.7 Å². The van der Waals surface area contributed by atoms with Gasteiger partial charge < -0.3 is 10.4 Å². The molecular formula is C18H21ClF2N4O3. The number of carbonyl (C=O) groups is 1. The summed E-state index contributed by atoms with van der Waals surface area (Å²) in [5.74, 6) is 0.459. The fourth-order valence-electron chi connectivity index (χ4n) is 3.64. The van der Waals surface area contributed by atoms with E-state index < -0.39 is 12.5 Å². The van der Waals surface area contributed by atoms with Crippen molar-refractivity contribution in [2.24, 2.45) is 0 Å². The van der Waals surface area contributed by atoms with Crippen molar-refractivity contribution in [2.45, 2.75) is 31.7 Å². The molecule has 0 bridgehead atoms. The molecular weight excluding hydrogens is 394 g/mol. The van der Waals surface area contributed by atoms with Crippen LogP contribution in [0.25, 0.3) is 10.9 Å². The first-order valence-corrected chi connectivity index (χ1v) is 9.41. The first kappa shape index (κ1) is 20.5. The number of carboxylic acid groups (broad SMARTS) is 1. The Labute approximate surface area is 164 Å². The van der Waals surface area contributed by atoms with Gasteiger partial charge in [0, 0.05) is 32.1 Å². The minimum atomic E-state index is -2.39. The average Bonchev–Trinajstić information content (AvgIpc) is 2.62. The van der Waals surface area contributed by atoms with Crippen molar-refractivity contribution < 1.29 is 18.7 Å². The number of rotatable bonds is 6. The minimum absolute atomic E-state index is 0.109. The Balaban J connectivity index is 1.94. The van der Waals surface area contributed by atoms with Crippen LogP contribution in [-0.2, 0) is 6.42 Å². The Hall–Kier alpha value is -2.26. The summed E-state index contributed by atoms with van der Waals surface area (Å²) in [6.45, 7) is 0.737. The standard InChI is InChI=1S/C18H21ClF2N4O3/c19-12-2-1-3-13-16(12)17(26)25(15(23-13)4-7-22-18(27)28)11-5-8-24(9-6-11)10-14(20)21/h1-3,11,14,22H,4-10H2,(H,27,28). The van der Waals surface area contributed by atoms with Crippen molar-refractivity contribution in [1.82, 2.24) is 19.8 Å². The van der Waals surface area contributed by atoms with E-state index in [1.165, 1.54) is 0 Å². The van der Waals surface area contributed by atoms with E-state index >= 15 is 0 Å². The van der Waals surface area contributed by atoms with Crippen molar-refractivity contribution in [3.63, 3.8) is 0 Å². The van der Waals surface area contributed by atoms with Gasteiger partial charge in [0.2, 0.25) is 0 Å². The highest BCUT2D eigenvalue weighted by atomic mass is 35.5. The van der Waals surface area contributed by atoms with Gasteiger partial charge in [0.25, 0.3) is 12.0 Å². The fraction of sp³-hybridized carbons (Fsp3) is 0.500. The van der Waals surface area contributed by atoms with Gasteiger partial charge in [-0.2, -0.15) is 0 Å². The third kappa shape index (κ3) is 4.59. The third-order valence-electron chi connectivity index (χ3n) is 4.90. The Kier molecular flexibility index (Phi) is 6.46. The molecule has 28 heavy (non-hydrogen) atoms. The molecule has 2 aromatic rings. The third-order valence-corrected chi connectivity index (χ3v) is 5.21. The summed E-state index contributed by atoms with van der Waals surface area (Å²) in [5.41, 5.74) is 0.169. The maximum atomic E-state index is 13.2. The summed E-state index contributed by atoms with van der Waals surface area (Å²) >= 11 is 6.22. The van der Waals surface area contributed by atoms with E-state index in [4.69, 9.17) is 16.7 Å². The van der Waals surface area contributed by atoms with E-state index in [9.17, 15) is 18.4 Å². The van der Waals surface area contributed by atoms with Crippen LogP contribution >= 0.6 is 11.6 Å². The molecule has 152 valence electrons. The lowest BCUT2D eigenvalue weighted by Crippen LogP contribution is -2.41. The van der Waals surface area contributed by atoms with Gasteiger partial charge in [0.15, 0.2) is 0 Å². The summed E-state index contributed by atoms with van der Waals surface area (Å²) in [7, 11) is 0. The second-order valence-corrected chi connectivity index (χ2v) is 7.15. The molecule has 0 aliphatic carbocycles. The van der Waals surface area contributed by atoms with E-state index in [0.717, 1.165) is 0 Å². The van der Waals surface area contributed by atoms with E-state index in [-0.39, 0.29) is 31.1 Å². The zero-order valence-electron chi connectivity index (χ0n) is 15.1. The SMILES string of the molecule is O=C(O)NCCc1nc2cccc(Cl)c2c(=O)n1C1CCN(CC(F)F)CC1. The summed E-state index contributed by atoms with van der Waals surface area (Å²) in [5, 5.41) is 11.7. The van der Waals surface area contributed by atoms with Gasteiger partial charge in [-0.25, -0.2) is 18.6 Å². The number of aromatic nitrogens is 2. The number of likely N-dealkylation sites (tertiary alicyclic amines) is 1. The molecule has 1 aromatic heterocycles. The molecule has 1 saturated heterocycles. The summed E-state index contributed by atoms with van der Waals surface area (Å²) in [4.78, 5) is 30.2. The number of benzene rings is 1. The summed E-state index contributed by atoms with van der Waals surface area (Å²) < 4.78 is 26.8. The van der Waals surface area contributed by atoms with Gasteiger partial charge in [-0.05, 0) is 25.0 Å². The number of piperidine rings is 1. The molecule has 2 heterocycles. The Bertz CT molecular complexity index is 914. The zero-order chi connectivity index (χ0) is 20.3. The molecule has 7 nitrogen and oxygen atoms in total. The fourth-order valence-corrected chi connectivity index (χ4v) is 3.89. The maximum Gasteiger partial charge on any atom is 0.404 e. The smallest absolute Gasteiger partial charge is 0.404 e. The van der Waals surface area contributed by atoms with Gasteiger partial charge in [-0.15, -0.1) is 0 Å². The molecule has 1 aromatic carbocycles. The van der Waals surface area contributed by atoms with Crippen molar-refractivity contribution in [3.05, 3.63) is 39.4 Å². The number of hydrogen-bond donors (Lipinski definition) is 2. The van der Waals surface area contributed by atoms with E-state index in [2.05, 4.69) is 10.3 Å². The van der Waals surface area contributed by atoms with Crippen LogP contribution in [0.15, 0.2) is 23.0 Å². The number of fused-ring (bicyclic) bond motifs is 1. The molecule has 2 N–H and O–H groups in total. The van der Waals surface area contributed by atoms with Crippen LogP contribution < -0.4 is 10.9 Å². The van der Waals surface area contributed by atoms with Gasteiger partial charge >= 0.3 is 6.09 Å². The summed E-state index contributed by atoms with van der Waals surface area (Å²) in [6.07, 6.45) is -2.25. The number of hydrogen-bond acceptors (Lipinski definition) is 4. The number of nitrogens with zero attached hydrogens (tertiary/aromatic N) is 3. The number of halogens is 3. The van der Waals surface area contributed by atoms with Crippen molar-refractivity contribution >= 4 is 28.6 Å². The van der Waals surface area contributed by atoms with Crippen molar-refractivity contribution in [2.75, 3.05) is 26.2 Å². The Morgan fingerprint density at radius 2 is 2.07 bits per heavy atom. The molecule has 1 amide bonds. The second-order valence-electron chi connectivity index (χ2n) is 6.74. The van der Waals surface area contributed by atoms with Crippen LogP contribution in [0.5, 0.6) is 0 Å². The van der Waals surface area contributed by atoms with Gasteiger partial charge in [0.05, 0.1) is 22.5 Å². The average molecular weight is 415 g/mol. The topological polar surface area (TPSA) is 87.5 Å². The molecule has 0 unspecified atom stereocenters. The van der Waals surface area contributed by atoms with E-state index in [0.29, 0.717) is 47.7 Å². The van der Waals surface area contributed by atoms with Gasteiger partial charge in [-0.1, -0.05) is 17.7 Å². The van der Waals surface area contributed by atoms with Crippen molar-refractivity contribution in [1.29, 1.82) is 0 Å². The molecule has 3 rings (SSSR count).